The van der Waals surface area contributed by atoms with Crippen molar-refractivity contribution in [3.63, 3.8) is 0 Å². The summed E-state index contributed by atoms with van der Waals surface area (Å²) in [5.41, 5.74) is 1.65. The molecule has 1 amide bonds. The average Bonchev–Trinajstić information content (AvgIpc) is 3.20. The number of anilines is 1. The van der Waals surface area contributed by atoms with E-state index in [1.165, 1.54) is 15.6 Å². The standard InChI is InChI=1S/C21H24N4O3S2/c1-2-14-25(30(27,28)16-17-9-5-3-6-10-17)15-13-19(26)22-21-24-23-20(29-21)18-11-7-4-8-12-18/h3-12H,2,13-16H2,1H3,(H,22,24,26). The number of rotatable bonds is 10. The van der Waals surface area contributed by atoms with Crippen molar-refractivity contribution in [1.82, 2.24) is 14.5 Å². The van der Waals surface area contributed by atoms with Crippen LogP contribution in [0, 0.1) is 0 Å². The van der Waals surface area contributed by atoms with Crippen LogP contribution < -0.4 is 5.32 Å². The zero-order valence-corrected chi connectivity index (χ0v) is 18.3. The molecule has 0 unspecified atom stereocenters. The molecule has 1 N–H and O–H groups in total. The summed E-state index contributed by atoms with van der Waals surface area (Å²) in [4.78, 5) is 12.4. The molecule has 0 saturated carbocycles. The topological polar surface area (TPSA) is 92.3 Å². The van der Waals surface area contributed by atoms with Crippen LogP contribution in [-0.4, -0.2) is 41.9 Å². The molecule has 0 spiro atoms. The van der Waals surface area contributed by atoms with Crippen LogP contribution in [-0.2, 0) is 20.6 Å². The van der Waals surface area contributed by atoms with Crippen LogP contribution in [0.3, 0.4) is 0 Å². The number of nitrogens with zero attached hydrogens (tertiary/aromatic N) is 3. The summed E-state index contributed by atoms with van der Waals surface area (Å²) in [6.07, 6.45) is 0.723. The van der Waals surface area contributed by atoms with Crippen molar-refractivity contribution in [3.8, 4) is 10.6 Å². The second kappa shape index (κ2) is 10.4. The lowest BCUT2D eigenvalue weighted by atomic mass is 10.2. The number of nitrogens with one attached hydrogen (secondary N) is 1. The second-order valence-corrected chi connectivity index (χ2v) is 9.66. The molecule has 0 atom stereocenters. The van der Waals surface area contributed by atoms with Gasteiger partial charge in [-0.3, -0.25) is 4.79 Å². The van der Waals surface area contributed by atoms with Crippen LogP contribution in [0.25, 0.3) is 10.6 Å². The Balaban J connectivity index is 1.58. The molecular formula is C21H24N4O3S2. The molecule has 0 saturated heterocycles. The Kier molecular flexibility index (Phi) is 7.67. The third kappa shape index (κ3) is 6.19. The molecule has 0 fully saturated rings. The molecule has 7 nitrogen and oxygen atoms in total. The quantitative estimate of drug-likeness (QED) is 0.514. The Hall–Kier alpha value is -2.62. The maximum Gasteiger partial charge on any atom is 0.227 e. The molecule has 0 aliphatic carbocycles. The monoisotopic (exact) mass is 444 g/mol. The Labute approximate surface area is 180 Å². The van der Waals surface area contributed by atoms with Gasteiger partial charge in [0.15, 0.2) is 0 Å². The fourth-order valence-corrected chi connectivity index (χ4v) is 5.29. The summed E-state index contributed by atoms with van der Waals surface area (Å²) in [7, 11) is -3.51. The molecule has 1 aromatic heterocycles. The first-order valence-corrected chi connectivity index (χ1v) is 12.1. The van der Waals surface area contributed by atoms with E-state index < -0.39 is 10.0 Å². The lowest BCUT2D eigenvalue weighted by molar-refractivity contribution is -0.116. The van der Waals surface area contributed by atoms with Gasteiger partial charge in [-0.05, 0) is 12.0 Å². The molecule has 158 valence electrons. The fourth-order valence-electron chi connectivity index (χ4n) is 2.89. The predicted octanol–water partition coefficient (Wildman–Crippen LogP) is 3.78. The lowest BCUT2D eigenvalue weighted by Gasteiger charge is -2.21. The zero-order chi connectivity index (χ0) is 21.4. The van der Waals surface area contributed by atoms with Crippen molar-refractivity contribution in [1.29, 1.82) is 0 Å². The normalized spacial score (nSPS) is 11.5. The van der Waals surface area contributed by atoms with Crippen LogP contribution in [0.1, 0.15) is 25.3 Å². The highest BCUT2D eigenvalue weighted by molar-refractivity contribution is 7.88. The van der Waals surface area contributed by atoms with Crippen molar-refractivity contribution in [2.24, 2.45) is 0 Å². The summed E-state index contributed by atoms with van der Waals surface area (Å²) >= 11 is 1.28. The molecule has 30 heavy (non-hydrogen) atoms. The van der Waals surface area contributed by atoms with Crippen molar-refractivity contribution in [3.05, 3.63) is 66.2 Å². The minimum absolute atomic E-state index is 0.0499. The van der Waals surface area contributed by atoms with Crippen LogP contribution in [0.2, 0.25) is 0 Å². The summed E-state index contributed by atoms with van der Waals surface area (Å²) < 4.78 is 27.0. The van der Waals surface area contributed by atoms with Gasteiger partial charge < -0.3 is 5.32 Å². The van der Waals surface area contributed by atoms with Crippen LogP contribution in [0.15, 0.2) is 60.7 Å². The Bertz CT molecular complexity index is 1050. The molecule has 0 aliphatic heterocycles. The largest absolute Gasteiger partial charge is 0.300 e. The number of sulfonamides is 1. The SMILES string of the molecule is CCCN(CCC(=O)Nc1nnc(-c2ccccc2)s1)S(=O)(=O)Cc1ccccc1. The maximum atomic E-state index is 12.8. The van der Waals surface area contributed by atoms with E-state index in [1.54, 1.807) is 12.1 Å². The first-order chi connectivity index (χ1) is 14.5. The van der Waals surface area contributed by atoms with Crippen LogP contribution >= 0.6 is 11.3 Å². The van der Waals surface area contributed by atoms with Crippen molar-refractivity contribution >= 4 is 32.4 Å². The first kappa shape index (κ1) is 22.1. The highest BCUT2D eigenvalue weighted by atomic mass is 32.2. The van der Waals surface area contributed by atoms with E-state index in [2.05, 4.69) is 15.5 Å². The van der Waals surface area contributed by atoms with Gasteiger partial charge in [0.25, 0.3) is 0 Å². The summed E-state index contributed by atoms with van der Waals surface area (Å²) in [6, 6.07) is 18.6. The summed E-state index contributed by atoms with van der Waals surface area (Å²) in [6.45, 7) is 2.41. The zero-order valence-electron chi connectivity index (χ0n) is 16.7. The van der Waals surface area contributed by atoms with E-state index in [0.29, 0.717) is 23.1 Å². The minimum Gasteiger partial charge on any atom is -0.300 e. The number of hydrogen-bond acceptors (Lipinski definition) is 6. The molecule has 2 aromatic carbocycles. The molecule has 1 heterocycles. The molecule has 9 heteroatoms. The molecule has 3 aromatic rings. The van der Waals surface area contributed by atoms with Crippen LogP contribution in [0.5, 0.6) is 0 Å². The van der Waals surface area contributed by atoms with E-state index >= 15 is 0 Å². The lowest BCUT2D eigenvalue weighted by Crippen LogP contribution is -2.35. The van der Waals surface area contributed by atoms with Gasteiger partial charge in [0.2, 0.25) is 21.1 Å². The van der Waals surface area contributed by atoms with Gasteiger partial charge in [-0.25, -0.2) is 12.7 Å². The molecule has 0 radical (unpaired) electrons. The summed E-state index contributed by atoms with van der Waals surface area (Å²) in [5, 5.41) is 11.9. The van der Waals surface area contributed by atoms with E-state index in [4.69, 9.17) is 0 Å². The molecule has 0 bridgehead atoms. The van der Waals surface area contributed by atoms with Gasteiger partial charge in [-0.2, -0.15) is 0 Å². The highest BCUT2D eigenvalue weighted by Crippen LogP contribution is 2.26. The van der Waals surface area contributed by atoms with Gasteiger partial charge in [-0.15, -0.1) is 10.2 Å². The number of benzene rings is 2. The molecular weight excluding hydrogens is 420 g/mol. The van der Waals surface area contributed by atoms with E-state index in [-0.39, 0.29) is 24.6 Å². The third-order valence-corrected chi connectivity index (χ3v) is 7.08. The van der Waals surface area contributed by atoms with Crippen LogP contribution in [0.4, 0.5) is 5.13 Å². The third-order valence-electron chi connectivity index (χ3n) is 4.34. The number of carbonyl (C=O) groups excluding carboxylic acids is 1. The van der Waals surface area contributed by atoms with Crippen molar-refractivity contribution < 1.29 is 13.2 Å². The Morgan fingerprint density at radius 1 is 1.00 bits per heavy atom. The van der Waals surface area contributed by atoms with Gasteiger partial charge in [0.05, 0.1) is 5.75 Å². The summed E-state index contributed by atoms with van der Waals surface area (Å²) in [5.74, 6) is -0.367. The predicted molar refractivity (Wildman–Crippen MR) is 120 cm³/mol. The average molecular weight is 445 g/mol. The fraction of sp³-hybridized carbons (Fsp3) is 0.286. The molecule has 0 aliphatic rings. The van der Waals surface area contributed by atoms with Crippen molar-refractivity contribution in [2.45, 2.75) is 25.5 Å². The number of carbonyl (C=O) groups is 1. The van der Waals surface area contributed by atoms with Gasteiger partial charge in [-0.1, -0.05) is 78.9 Å². The highest BCUT2D eigenvalue weighted by Gasteiger charge is 2.22. The second-order valence-electron chi connectivity index (χ2n) is 6.72. The number of hydrogen-bond donors (Lipinski definition) is 1. The first-order valence-electron chi connectivity index (χ1n) is 9.68. The van der Waals surface area contributed by atoms with E-state index in [1.807, 2.05) is 55.5 Å². The van der Waals surface area contributed by atoms with Gasteiger partial charge in [0, 0.05) is 25.1 Å². The van der Waals surface area contributed by atoms with E-state index in [9.17, 15) is 13.2 Å². The van der Waals surface area contributed by atoms with Gasteiger partial charge in [0.1, 0.15) is 5.01 Å². The van der Waals surface area contributed by atoms with Crippen molar-refractivity contribution in [2.75, 3.05) is 18.4 Å². The molecule has 3 rings (SSSR count). The smallest absolute Gasteiger partial charge is 0.227 e. The minimum atomic E-state index is -3.51. The maximum absolute atomic E-state index is 12.8. The van der Waals surface area contributed by atoms with Gasteiger partial charge >= 0.3 is 0 Å². The number of amides is 1. The Morgan fingerprint density at radius 3 is 2.33 bits per heavy atom. The Morgan fingerprint density at radius 2 is 1.67 bits per heavy atom. The number of aromatic nitrogens is 2. The van der Waals surface area contributed by atoms with E-state index in [0.717, 1.165) is 11.1 Å².